The summed E-state index contributed by atoms with van der Waals surface area (Å²) in [5.74, 6) is -0.967. The van der Waals surface area contributed by atoms with Crippen LogP contribution in [0.25, 0.3) is 0 Å². The van der Waals surface area contributed by atoms with Crippen LogP contribution >= 0.6 is 7.82 Å². The smallest absolute Gasteiger partial charge is 0.462 e. The van der Waals surface area contributed by atoms with Crippen LogP contribution in [0, 0.1) is 0 Å². The van der Waals surface area contributed by atoms with E-state index in [9.17, 15) is 24.2 Å². The lowest BCUT2D eigenvalue weighted by Gasteiger charge is -2.20. The van der Waals surface area contributed by atoms with Gasteiger partial charge in [0.15, 0.2) is 6.10 Å². The molecular formula is C41H71O10P. The van der Waals surface area contributed by atoms with E-state index < -0.39 is 51.8 Å². The zero-order valence-electron chi connectivity index (χ0n) is 32.3. The number of allylic oxidation sites excluding steroid dienone is 10. The van der Waals surface area contributed by atoms with Crippen LogP contribution in [0.1, 0.15) is 149 Å². The Labute approximate surface area is 315 Å². The maximum Gasteiger partial charge on any atom is 0.472 e. The number of hydrogen-bond donors (Lipinski definition) is 3. The highest BCUT2D eigenvalue weighted by Crippen LogP contribution is 2.43. The van der Waals surface area contributed by atoms with Gasteiger partial charge in [-0.3, -0.25) is 18.6 Å². The first-order valence-electron chi connectivity index (χ1n) is 19.7. The molecule has 10 nitrogen and oxygen atoms in total. The van der Waals surface area contributed by atoms with Crippen LogP contribution in [-0.2, 0) is 32.7 Å². The molecule has 52 heavy (non-hydrogen) atoms. The number of hydrogen-bond acceptors (Lipinski definition) is 9. The van der Waals surface area contributed by atoms with Crippen molar-refractivity contribution in [3.05, 3.63) is 60.8 Å². The number of carbonyl (C=O) groups is 2. The Hall–Kier alpha value is -2.33. The molecule has 0 radical (unpaired) electrons. The maximum absolute atomic E-state index is 12.6. The molecule has 0 amide bonds. The van der Waals surface area contributed by atoms with Gasteiger partial charge in [0.1, 0.15) is 12.7 Å². The molecule has 3 atom stereocenters. The summed E-state index contributed by atoms with van der Waals surface area (Å²) in [6.07, 6.45) is 39.0. The molecule has 3 N–H and O–H groups in total. The molecule has 0 fully saturated rings. The Kier molecular flexibility index (Phi) is 35.3. The number of phosphoric acid groups is 1. The molecule has 0 heterocycles. The van der Waals surface area contributed by atoms with Gasteiger partial charge >= 0.3 is 19.8 Å². The summed E-state index contributed by atoms with van der Waals surface area (Å²) in [6.45, 7) is 2.16. The first-order valence-corrected chi connectivity index (χ1v) is 21.2. The molecule has 0 aromatic heterocycles. The van der Waals surface area contributed by atoms with Gasteiger partial charge in [0.25, 0.3) is 0 Å². The van der Waals surface area contributed by atoms with Crippen LogP contribution in [0.3, 0.4) is 0 Å². The first-order chi connectivity index (χ1) is 25.2. The Morgan fingerprint density at radius 1 is 0.596 bits per heavy atom. The van der Waals surface area contributed by atoms with E-state index in [0.29, 0.717) is 12.8 Å². The fourth-order valence-corrected chi connectivity index (χ4v) is 5.64. The van der Waals surface area contributed by atoms with Crippen molar-refractivity contribution in [2.75, 3.05) is 26.4 Å². The van der Waals surface area contributed by atoms with Crippen molar-refractivity contribution in [1.29, 1.82) is 0 Å². The predicted molar refractivity (Wildman–Crippen MR) is 210 cm³/mol. The summed E-state index contributed by atoms with van der Waals surface area (Å²) in [5, 5.41) is 18.3. The van der Waals surface area contributed by atoms with Crippen molar-refractivity contribution in [2.45, 2.75) is 161 Å². The second kappa shape index (κ2) is 37.0. The third kappa shape index (κ3) is 36.0. The van der Waals surface area contributed by atoms with E-state index in [2.05, 4.69) is 79.1 Å². The first kappa shape index (κ1) is 49.7. The number of esters is 2. The fourth-order valence-electron chi connectivity index (χ4n) is 4.85. The third-order valence-corrected chi connectivity index (χ3v) is 8.86. The number of rotatable bonds is 36. The highest BCUT2D eigenvalue weighted by molar-refractivity contribution is 7.47. The van der Waals surface area contributed by atoms with Crippen LogP contribution < -0.4 is 0 Å². The molecule has 0 aliphatic heterocycles. The Balaban J connectivity index is 4.42. The van der Waals surface area contributed by atoms with Gasteiger partial charge in [-0.1, -0.05) is 126 Å². The van der Waals surface area contributed by atoms with Crippen LogP contribution in [0.2, 0.25) is 0 Å². The lowest BCUT2D eigenvalue weighted by Crippen LogP contribution is -2.29. The van der Waals surface area contributed by atoms with Gasteiger partial charge in [-0.25, -0.2) is 4.57 Å². The molecule has 3 unspecified atom stereocenters. The van der Waals surface area contributed by atoms with Crippen LogP contribution in [0.15, 0.2) is 60.8 Å². The zero-order valence-corrected chi connectivity index (χ0v) is 33.1. The van der Waals surface area contributed by atoms with E-state index in [-0.39, 0.29) is 19.4 Å². The van der Waals surface area contributed by atoms with Gasteiger partial charge < -0.3 is 24.6 Å². The zero-order chi connectivity index (χ0) is 38.4. The number of aliphatic hydroxyl groups is 2. The van der Waals surface area contributed by atoms with Crippen molar-refractivity contribution in [3.8, 4) is 0 Å². The standard InChI is InChI=1S/C41H71O10P/c1-3-5-7-9-11-13-15-17-19-21-23-25-27-29-31-33-41(45)51-39(37-50-52(46,47)49-35-38(43)34-42)36-48-40(44)32-30-28-26-24-22-20-18-16-14-12-10-8-6-4-2/h5,7,10-13,16-19,38-39,42-43H,3-4,6,8-9,14-15,20-37H2,1-2H3,(H,46,47)/b7-5-,12-10-,13-11-,18-16-,19-17-. The van der Waals surface area contributed by atoms with Crippen LogP contribution in [0.5, 0.6) is 0 Å². The fraction of sp³-hybridized carbons (Fsp3) is 0.707. The minimum absolute atomic E-state index is 0.159. The molecule has 11 heteroatoms. The monoisotopic (exact) mass is 754 g/mol. The summed E-state index contributed by atoms with van der Waals surface area (Å²) in [6, 6.07) is 0. The van der Waals surface area contributed by atoms with Crippen LogP contribution in [0.4, 0.5) is 0 Å². The normalized spacial score (nSPS) is 14.6. The van der Waals surface area contributed by atoms with Gasteiger partial charge in [0, 0.05) is 12.8 Å². The Morgan fingerprint density at radius 2 is 1.06 bits per heavy atom. The van der Waals surface area contributed by atoms with Crippen molar-refractivity contribution in [2.24, 2.45) is 0 Å². The maximum atomic E-state index is 12.6. The highest BCUT2D eigenvalue weighted by Gasteiger charge is 2.27. The molecule has 0 aliphatic carbocycles. The second-order valence-corrected chi connectivity index (χ2v) is 14.4. The van der Waals surface area contributed by atoms with E-state index in [1.807, 2.05) is 0 Å². The molecule has 0 aromatic rings. The van der Waals surface area contributed by atoms with E-state index in [0.717, 1.165) is 96.3 Å². The van der Waals surface area contributed by atoms with Gasteiger partial charge in [0.05, 0.1) is 19.8 Å². The molecule has 0 aliphatic rings. The molecule has 0 saturated heterocycles. The summed E-state index contributed by atoms with van der Waals surface area (Å²) < 4.78 is 32.6. The SMILES string of the molecule is CC/C=C\C/C=C\C/C=C\CCCCCCCC(=O)OC(COC(=O)CCCCCCC/C=C\C/C=C\CCCC)COP(=O)(O)OCC(O)CO. The van der Waals surface area contributed by atoms with Crippen molar-refractivity contribution < 1.29 is 47.8 Å². The van der Waals surface area contributed by atoms with Crippen molar-refractivity contribution in [3.63, 3.8) is 0 Å². The van der Waals surface area contributed by atoms with Crippen molar-refractivity contribution >= 4 is 19.8 Å². The number of unbranched alkanes of at least 4 members (excludes halogenated alkanes) is 12. The summed E-state index contributed by atoms with van der Waals surface area (Å²) >= 11 is 0. The molecule has 0 aromatic carbocycles. The lowest BCUT2D eigenvalue weighted by molar-refractivity contribution is -0.161. The topological polar surface area (TPSA) is 149 Å². The largest absolute Gasteiger partial charge is 0.472 e. The molecule has 300 valence electrons. The van der Waals surface area contributed by atoms with E-state index in [1.165, 1.54) is 12.8 Å². The van der Waals surface area contributed by atoms with Gasteiger partial charge in [0.2, 0.25) is 0 Å². The number of carbonyl (C=O) groups excluding carboxylic acids is 2. The summed E-state index contributed by atoms with van der Waals surface area (Å²) in [5.41, 5.74) is 0. The van der Waals surface area contributed by atoms with Gasteiger partial charge in [-0.05, 0) is 70.6 Å². The minimum atomic E-state index is -4.62. The van der Waals surface area contributed by atoms with E-state index >= 15 is 0 Å². The van der Waals surface area contributed by atoms with Crippen molar-refractivity contribution in [1.82, 2.24) is 0 Å². The average molecular weight is 755 g/mol. The van der Waals surface area contributed by atoms with E-state index in [4.69, 9.17) is 19.1 Å². The lowest BCUT2D eigenvalue weighted by atomic mass is 10.1. The number of ether oxygens (including phenoxy) is 2. The molecule has 0 spiro atoms. The van der Waals surface area contributed by atoms with Crippen LogP contribution in [-0.4, -0.2) is 65.7 Å². The predicted octanol–water partition coefficient (Wildman–Crippen LogP) is 9.94. The molecule has 0 rings (SSSR count). The molecule has 0 bridgehead atoms. The van der Waals surface area contributed by atoms with Gasteiger partial charge in [-0.15, -0.1) is 0 Å². The number of aliphatic hydroxyl groups excluding tert-OH is 2. The highest BCUT2D eigenvalue weighted by atomic mass is 31.2. The average Bonchev–Trinajstić information content (AvgIpc) is 3.13. The summed E-state index contributed by atoms with van der Waals surface area (Å²) in [7, 11) is -4.62. The Bertz CT molecular complexity index is 1050. The Morgan fingerprint density at radius 3 is 1.60 bits per heavy atom. The second-order valence-electron chi connectivity index (χ2n) is 12.9. The van der Waals surface area contributed by atoms with E-state index in [1.54, 1.807) is 0 Å². The van der Waals surface area contributed by atoms with Gasteiger partial charge in [-0.2, -0.15) is 0 Å². The quantitative estimate of drug-likeness (QED) is 0.0244. The number of phosphoric ester groups is 1. The molecular weight excluding hydrogens is 683 g/mol. The third-order valence-electron chi connectivity index (χ3n) is 7.91. The summed E-state index contributed by atoms with van der Waals surface area (Å²) in [4.78, 5) is 34.9. The minimum Gasteiger partial charge on any atom is -0.462 e. The molecule has 0 saturated carbocycles.